The molecule has 1 aromatic heterocycles. The molecular weight excluding hydrogens is 494 g/mol. The van der Waals surface area contributed by atoms with Gasteiger partial charge in [-0.05, 0) is 38.5 Å². The van der Waals surface area contributed by atoms with Crippen LogP contribution >= 0.6 is 0 Å². The smallest absolute Gasteiger partial charge is 0.351 e. The first-order valence-corrected chi connectivity index (χ1v) is 10.8. The topological polar surface area (TPSA) is 78.2 Å². The SMILES string of the molecule is CCC(C)n1c(C)nn(-c2cc(O[C@@H](CF)C(F)F)c(C(=O)Nc3c(F)cccc3F)cc2F)c1=O. The number of rotatable bonds is 9. The van der Waals surface area contributed by atoms with E-state index in [0.717, 1.165) is 24.3 Å². The molecule has 1 heterocycles. The molecule has 13 heteroatoms. The summed E-state index contributed by atoms with van der Waals surface area (Å²) in [5.41, 5.74) is -2.98. The minimum atomic E-state index is -3.34. The molecule has 0 aliphatic carbocycles. The van der Waals surface area contributed by atoms with Gasteiger partial charge in [0.25, 0.3) is 12.3 Å². The Hall–Kier alpha value is -3.77. The highest BCUT2D eigenvalue weighted by atomic mass is 19.3. The number of carbonyl (C=O) groups excluding carboxylic acids is 1. The van der Waals surface area contributed by atoms with Crippen LogP contribution < -0.4 is 15.7 Å². The number of hydrogen-bond donors (Lipinski definition) is 1. The largest absolute Gasteiger partial charge is 0.481 e. The van der Waals surface area contributed by atoms with Gasteiger partial charge in [-0.1, -0.05) is 13.0 Å². The van der Waals surface area contributed by atoms with Crippen molar-refractivity contribution in [2.75, 3.05) is 12.0 Å². The second-order valence-corrected chi connectivity index (χ2v) is 7.86. The van der Waals surface area contributed by atoms with E-state index in [1.165, 1.54) is 11.5 Å². The van der Waals surface area contributed by atoms with Crippen molar-refractivity contribution in [1.29, 1.82) is 0 Å². The van der Waals surface area contributed by atoms with E-state index in [0.29, 0.717) is 17.2 Å². The molecule has 1 amide bonds. The summed E-state index contributed by atoms with van der Waals surface area (Å²) in [5.74, 6) is -5.38. The monoisotopic (exact) mass is 516 g/mol. The van der Waals surface area contributed by atoms with Gasteiger partial charge >= 0.3 is 5.69 Å². The van der Waals surface area contributed by atoms with Gasteiger partial charge < -0.3 is 10.1 Å². The van der Waals surface area contributed by atoms with Crippen molar-refractivity contribution in [3.8, 4) is 11.4 Å². The Morgan fingerprint density at radius 3 is 2.33 bits per heavy atom. The average molecular weight is 516 g/mol. The summed E-state index contributed by atoms with van der Waals surface area (Å²) >= 11 is 0. The van der Waals surface area contributed by atoms with Crippen LogP contribution in [0.15, 0.2) is 35.1 Å². The predicted molar refractivity (Wildman–Crippen MR) is 118 cm³/mol. The Labute approximate surface area is 201 Å². The molecule has 0 fully saturated rings. The maximum Gasteiger partial charge on any atom is 0.351 e. The van der Waals surface area contributed by atoms with Crippen LogP contribution in [0.25, 0.3) is 5.69 Å². The zero-order valence-electron chi connectivity index (χ0n) is 19.4. The number of ether oxygens (including phenoxy) is 1. The number of hydrogen-bond acceptors (Lipinski definition) is 4. The van der Waals surface area contributed by atoms with Gasteiger partial charge in [0, 0.05) is 12.1 Å². The van der Waals surface area contributed by atoms with Gasteiger partial charge in [0.15, 0.2) is 6.10 Å². The fourth-order valence-corrected chi connectivity index (χ4v) is 3.41. The van der Waals surface area contributed by atoms with Crippen LogP contribution in [-0.4, -0.2) is 39.5 Å². The molecule has 0 saturated carbocycles. The molecule has 0 radical (unpaired) electrons. The van der Waals surface area contributed by atoms with E-state index in [2.05, 4.69) is 5.10 Å². The molecule has 3 aromatic rings. The first-order valence-electron chi connectivity index (χ1n) is 10.8. The molecule has 194 valence electrons. The van der Waals surface area contributed by atoms with Crippen LogP contribution in [0.4, 0.5) is 32.0 Å². The van der Waals surface area contributed by atoms with Crippen molar-refractivity contribution in [2.24, 2.45) is 0 Å². The highest BCUT2D eigenvalue weighted by Gasteiger charge is 2.28. The summed E-state index contributed by atoms with van der Waals surface area (Å²) in [6, 6.07) is 3.66. The third-order valence-electron chi connectivity index (χ3n) is 5.45. The van der Waals surface area contributed by atoms with E-state index in [1.54, 1.807) is 6.92 Å². The second kappa shape index (κ2) is 10.9. The number of carbonyl (C=O) groups is 1. The van der Waals surface area contributed by atoms with Gasteiger partial charge in [0.1, 0.15) is 47.1 Å². The third kappa shape index (κ3) is 5.24. The molecule has 2 atom stereocenters. The molecule has 0 saturated heterocycles. The van der Waals surface area contributed by atoms with Crippen molar-refractivity contribution < 1.29 is 35.9 Å². The summed E-state index contributed by atoms with van der Waals surface area (Å²) in [5, 5.41) is 5.89. The Morgan fingerprint density at radius 2 is 1.78 bits per heavy atom. The van der Waals surface area contributed by atoms with Gasteiger partial charge in [-0.25, -0.2) is 31.1 Å². The fourth-order valence-electron chi connectivity index (χ4n) is 3.41. The molecule has 0 spiro atoms. The number of aryl methyl sites for hydroxylation is 1. The highest BCUT2D eigenvalue weighted by Crippen LogP contribution is 2.29. The quantitative estimate of drug-likeness (QED) is 0.408. The first-order chi connectivity index (χ1) is 17.0. The fraction of sp³-hybridized carbons (Fsp3) is 0.348. The molecule has 1 unspecified atom stereocenters. The van der Waals surface area contributed by atoms with E-state index < -0.39 is 70.9 Å². The lowest BCUT2D eigenvalue weighted by Crippen LogP contribution is -2.30. The van der Waals surface area contributed by atoms with Crippen molar-refractivity contribution in [2.45, 2.75) is 45.8 Å². The molecule has 2 aromatic carbocycles. The Kier molecular flexibility index (Phi) is 8.10. The molecule has 36 heavy (non-hydrogen) atoms. The van der Waals surface area contributed by atoms with E-state index in [4.69, 9.17) is 4.74 Å². The number of nitrogens with zero attached hydrogens (tertiary/aromatic N) is 3. The Morgan fingerprint density at radius 1 is 1.14 bits per heavy atom. The third-order valence-corrected chi connectivity index (χ3v) is 5.45. The van der Waals surface area contributed by atoms with Crippen LogP contribution in [-0.2, 0) is 0 Å². The number of amides is 1. The molecule has 0 aliphatic rings. The zero-order chi connectivity index (χ0) is 26.7. The summed E-state index contributed by atoms with van der Waals surface area (Å²) in [6.45, 7) is 3.37. The van der Waals surface area contributed by atoms with Crippen LogP contribution in [0, 0.1) is 24.4 Å². The number of aromatic nitrogens is 3. The number of nitrogens with one attached hydrogen (secondary N) is 1. The maximum atomic E-state index is 15.1. The molecule has 0 bridgehead atoms. The lowest BCUT2D eigenvalue weighted by Gasteiger charge is -2.19. The number of alkyl halides is 3. The van der Waals surface area contributed by atoms with Gasteiger partial charge in [0.05, 0.1) is 5.56 Å². The lowest BCUT2D eigenvalue weighted by atomic mass is 10.1. The lowest BCUT2D eigenvalue weighted by molar-refractivity contribution is -0.00159. The highest BCUT2D eigenvalue weighted by molar-refractivity contribution is 6.06. The Balaban J connectivity index is 2.16. The number of para-hydroxylation sites is 1. The van der Waals surface area contributed by atoms with E-state index in [1.807, 2.05) is 12.2 Å². The van der Waals surface area contributed by atoms with E-state index in [-0.39, 0.29) is 11.9 Å². The molecular formula is C23H22F6N4O3. The van der Waals surface area contributed by atoms with Gasteiger partial charge in [-0.2, -0.15) is 9.78 Å². The predicted octanol–water partition coefficient (Wildman–Crippen LogP) is 4.97. The van der Waals surface area contributed by atoms with Crippen molar-refractivity contribution in [3.05, 3.63) is 69.7 Å². The van der Waals surface area contributed by atoms with Crippen molar-refractivity contribution >= 4 is 11.6 Å². The minimum absolute atomic E-state index is 0.224. The minimum Gasteiger partial charge on any atom is -0.481 e. The van der Waals surface area contributed by atoms with Gasteiger partial charge in [-0.15, -0.1) is 0 Å². The van der Waals surface area contributed by atoms with Crippen molar-refractivity contribution in [1.82, 2.24) is 14.3 Å². The van der Waals surface area contributed by atoms with Crippen LogP contribution in [0.1, 0.15) is 42.5 Å². The van der Waals surface area contributed by atoms with Crippen LogP contribution in [0.5, 0.6) is 5.75 Å². The van der Waals surface area contributed by atoms with Gasteiger partial charge in [-0.3, -0.25) is 9.36 Å². The van der Waals surface area contributed by atoms with E-state index >= 15 is 4.39 Å². The molecule has 3 rings (SSSR count). The normalized spacial score (nSPS) is 13.1. The van der Waals surface area contributed by atoms with Crippen LogP contribution in [0.2, 0.25) is 0 Å². The van der Waals surface area contributed by atoms with Gasteiger partial charge in [0.2, 0.25) is 0 Å². The van der Waals surface area contributed by atoms with Crippen LogP contribution in [0.3, 0.4) is 0 Å². The molecule has 0 aliphatic heterocycles. The zero-order valence-corrected chi connectivity index (χ0v) is 19.4. The standard InChI is InChI=1S/C23H22F6N4O3/c1-4-11(2)32-12(3)31-33(23(32)35)17-9-18(36-19(10-24)21(28)29)13(8-16(17)27)22(34)30-20-14(25)6-5-7-15(20)26/h5-9,11,19,21H,4,10H2,1-3H3,(H,30,34)/t11?,19-/m0/s1. The summed E-state index contributed by atoms with van der Waals surface area (Å²) in [6.07, 6.45) is -5.14. The second-order valence-electron chi connectivity index (χ2n) is 7.86. The number of anilines is 1. The Bertz CT molecular complexity index is 1300. The summed E-state index contributed by atoms with van der Waals surface area (Å²) < 4.78 is 89.6. The maximum absolute atomic E-state index is 15.1. The number of benzene rings is 2. The average Bonchev–Trinajstić information content (AvgIpc) is 3.13. The number of halogens is 6. The summed E-state index contributed by atoms with van der Waals surface area (Å²) in [7, 11) is 0. The van der Waals surface area contributed by atoms with Crippen molar-refractivity contribution in [3.63, 3.8) is 0 Å². The molecule has 7 nitrogen and oxygen atoms in total. The first kappa shape index (κ1) is 26.8. The summed E-state index contributed by atoms with van der Waals surface area (Å²) in [4.78, 5) is 25.7. The molecule has 1 N–H and O–H groups in total. The van der Waals surface area contributed by atoms with E-state index in [9.17, 15) is 31.5 Å².